The van der Waals surface area contributed by atoms with Gasteiger partial charge in [-0.25, -0.2) is 0 Å². The highest BCUT2D eigenvalue weighted by atomic mass is 19.4. The first-order valence-corrected chi connectivity index (χ1v) is 8.25. The van der Waals surface area contributed by atoms with E-state index in [0.29, 0.717) is 18.0 Å². The van der Waals surface area contributed by atoms with Gasteiger partial charge in [-0.3, -0.25) is 0 Å². The van der Waals surface area contributed by atoms with Crippen molar-refractivity contribution in [1.82, 2.24) is 5.32 Å². The molecule has 6 heteroatoms. The molecule has 0 aromatic heterocycles. The summed E-state index contributed by atoms with van der Waals surface area (Å²) in [5, 5.41) is 3.30. The van der Waals surface area contributed by atoms with Gasteiger partial charge in [-0.2, -0.15) is 13.2 Å². The Morgan fingerprint density at radius 2 is 2.13 bits per heavy atom. The van der Waals surface area contributed by atoms with E-state index in [9.17, 15) is 13.2 Å². The predicted octanol–water partition coefficient (Wildman–Crippen LogP) is 3.78. The van der Waals surface area contributed by atoms with Crippen molar-refractivity contribution >= 4 is 5.69 Å². The molecule has 0 saturated carbocycles. The maximum atomic E-state index is 13.6. The van der Waals surface area contributed by atoms with Crippen molar-refractivity contribution in [3.8, 4) is 5.75 Å². The van der Waals surface area contributed by atoms with Gasteiger partial charge in [0, 0.05) is 25.6 Å². The van der Waals surface area contributed by atoms with E-state index in [0.717, 1.165) is 44.0 Å². The maximum absolute atomic E-state index is 13.6. The average molecular weight is 328 g/mol. The lowest BCUT2D eigenvalue weighted by molar-refractivity contribution is -0.137. The van der Waals surface area contributed by atoms with E-state index in [4.69, 9.17) is 4.74 Å². The molecule has 128 valence electrons. The van der Waals surface area contributed by atoms with E-state index in [-0.39, 0.29) is 12.0 Å². The number of alkyl halides is 3. The van der Waals surface area contributed by atoms with Crippen LogP contribution in [0.15, 0.2) is 12.1 Å². The number of hydrogen-bond acceptors (Lipinski definition) is 3. The van der Waals surface area contributed by atoms with Crippen LogP contribution < -0.4 is 15.0 Å². The summed E-state index contributed by atoms with van der Waals surface area (Å²) in [6.45, 7) is 4.05. The fraction of sp³-hybridized carbons (Fsp3) is 0.647. The number of hydrogen-bond donors (Lipinski definition) is 1. The van der Waals surface area contributed by atoms with Crippen molar-refractivity contribution in [3.63, 3.8) is 0 Å². The predicted molar refractivity (Wildman–Crippen MR) is 84.3 cm³/mol. The van der Waals surface area contributed by atoms with E-state index in [1.807, 2.05) is 17.9 Å². The molecule has 1 fully saturated rings. The summed E-state index contributed by atoms with van der Waals surface area (Å²) in [5.41, 5.74) is 0.531. The summed E-state index contributed by atoms with van der Waals surface area (Å²) in [7, 11) is 1.78. The molecule has 2 aliphatic rings. The van der Waals surface area contributed by atoms with E-state index < -0.39 is 11.7 Å². The van der Waals surface area contributed by atoms with Gasteiger partial charge in [-0.05, 0) is 37.1 Å². The quantitative estimate of drug-likeness (QED) is 0.851. The van der Waals surface area contributed by atoms with Crippen LogP contribution in [-0.4, -0.2) is 32.8 Å². The lowest BCUT2D eigenvalue weighted by Gasteiger charge is -2.31. The SMILES string of the molecule is CCCCOc1cc2c(c(C(F)(F)F)c1)N(C)[C@H]1CCNCC21. The van der Waals surface area contributed by atoms with Crippen molar-refractivity contribution in [2.45, 2.75) is 44.3 Å². The van der Waals surface area contributed by atoms with Crippen LogP contribution in [0, 0.1) is 0 Å². The number of benzene rings is 1. The Bertz CT molecular complexity index is 574. The van der Waals surface area contributed by atoms with Crippen molar-refractivity contribution in [2.75, 3.05) is 31.6 Å². The zero-order chi connectivity index (χ0) is 16.6. The molecule has 0 spiro atoms. The molecule has 1 aromatic rings. The van der Waals surface area contributed by atoms with Crippen LogP contribution in [0.4, 0.5) is 18.9 Å². The lowest BCUT2D eigenvalue weighted by atomic mass is 9.89. The van der Waals surface area contributed by atoms with E-state index in [1.165, 1.54) is 0 Å². The molecule has 0 radical (unpaired) electrons. The molecule has 0 bridgehead atoms. The minimum Gasteiger partial charge on any atom is -0.494 e. The number of nitrogens with zero attached hydrogens (tertiary/aromatic N) is 1. The summed E-state index contributed by atoms with van der Waals surface area (Å²) in [4.78, 5) is 1.82. The Balaban J connectivity index is 2.02. The molecule has 1 N–H and O–H groups in total. The molecule has 1 unspecified atom stereocenters. The first-order valence-electron chi connectivity index (χ1n) is 8.25. The summed E-state index contributed by atoms with van der Waals surface area (Å²) in [6, 6.07) is 3.11. The Morgan fingerprint density at radius 1 is 1.35 bits per heavy atom. The zero-order valence-corrected chi connectivity index (χ0v) is 13.5. The molecule has 3 nitrogen and oxygen atoms in total. The summed E-state index contributed by atoms with van der Waals surface area (Å²) in [6.07, 6.45) is -1.72. The molecule has 23 heavy (non-hydrogen) atoms. The summed E-state index contributed by atoms with van der Waals surface area (Å²) in [5.74, 6) is 0.434. The largest absolute Gasteiger partial charge is 0.494 e. The third-order valence-corrected chi connectivity index (χ3v) is 4.88. The first kappa shape index (κ1) is 16.4. The maximum Gasteiger partial charge on any atom is 0.418 e. The fourth-order valence-corrected chi connectivity index (χ4v) is 3.73. The third-order valence-electron chi connectivity index (χ3n) is 4.88. The van der Waals surface area contributed by atoms with Gasteiger partial charge in [0.05, 0.1) is 17.9 Å². The molecule has 3 rings (SSSR count). The topological polar surface area (TPSA) is 24.5 Å². The molecular formula is C17H23F3N2O. The Hall–Kier alpha value is -1.43. The summed E-state index contributed by atoms with van der Waals surface area (Å²) < 4.78 is 46.3. The molecular weight excluding hydrogens is 305 g/mol. The molecule has 0 aliphatic carbocycles. The van der Waals surface area contributed by atoms with Crippen LogP contribution in [0.2, 0.25) is 0 Å². The number of ether oxygens (including phenoxy) is 1. The van der Waals surface area contributed by atoms with Gasteiger partial charge in [-0.15, -0.1) is 0 Å². The fourth-order valence-electron chi connectivity index (χ4n) is 3.73. The van der Waals surface area contributed by atoms with E-state index in [1.54, 1.807) is 7.05 Å². The second-order valence-corrected chi connectivity index (χ2v) is 6.39. The Morgan fingerprint density at radius 3 is 2.83 bits per heavy atom. The van der Waals surface area contributed by atoms with Gasteiger partial charge in [0.15, 0.2) is 0 Å². The standard InChI is InChI=1S/C17H23F3N2O/c1-3-4-7-23-11-8-12-13-10-21-6-5-15(13)22(2)16(12)14(9-11)17(18,19)20/h8-9,13,15,21H,3-7,10H2,1-2H3/t13?,15-/m0/s1. The first-order chi connectivity index (χ1) is 10.9. The smallest absolute Gasteiger partial charge is 0.418 e. The van der Waals surface area contributed by atoms with Crippen molar-refractivity contribution < 1.29 is 17.9 Å². The van der Waals surface area contributed by atoms with Crippen LogP contribution in [0.25, 0.3) is 0 Å². The van der Waals surface area contributed by atoms with Crippen LogP contribution in [0.3, 0.4) is 0 Å². The minimum atomic E-state index is -4.37. The molecule has 2 aliphatic heterocycles. The van der Waals surface area contributed by atoms with Crippen LogP contribution in [0.5, 0.6) is 5.75 Å². The highest BCUT2D eigenvalue weighted by Crippen LogP contribution is 2.50. The molecule has 1 aromatic carbocycles. The van der Waals surface area contributed by atoms with Gasteiger partial charge in [0.2, 0.25) is 0 Å². The molecule has 1 saturated heterocycles. The van der Waals surface area contributed by atoms with Crippen LogP contribution in [0.1, 0.15) is 43.2 Å². The molecule has 0 amide bonds. The number of nitrogens with one attached hydrogen (secondary N) is 1. The third kappa shape index (κ3) is 3.01. The number of piperidine rings is 1. The number of halogens is 3. The number of fused-ring (bicyclic) bond motifs is 3. The monoisotopic (exact) mass is 328 g/mol. The second kappa shape index (κ2) is 6.23. The van der Waals surface area contributed by atoms with E-state index >= 15 is 0 Å². The number of rotatable bonds is 4. The minimum absolute atomic E-state index is 0.0968. The van der Waals surface area contributed by atoms with E-state index in [2.05, 4.69) is 5.32 Å². The second-order valence-electron chi connectivity index (χ2n) is 6.39. The lowest BCUT2D eigenvalue weighted by Crippen LogP contribution is -2.42. The number of anilines is 1. The number of likely N-dealkylation sites (N-methyl/N-ethyl adjacent to an activating group) is 1. The van der Waals surface area contributed by atoms with Crippen molar-refractivity contribution in [1.29, 1.82) is 0 Å². The van der Waals surface area contributed by atoms with Gasteiger partial charge in [0.1, 0.15) is 5.75 Å². The van der Waals surface area contributed by atoms with Crippen LogP contribution >= 0.6 is 0 Å². The van der Waals surface area contributed by atoms with Crippen molar-refractivity contribution in [2.24, 2.45) is 0 Å². The molecule has 2 atom stereocenters. The van der Waals surface area contributed by atoms with Crippen LogP contribution in [-0.2, 0) is 6.18 Å². The zero-order valence-electron chi connectivity index (χ0n) is 13.5. The average Bonchev–Trinajstić information content (AvgIpc) is 2.80. The highest BCUT2D eigenvalue weighted by Gasteiger charge is 2.45. The van der Waals surface area contributed by atoms with Gasteiger partial charge >= 0.3 is 6.18 Å². The Kier molecular flexibility index (Phi) is 4.45. The summed E-state index contributed by atoms with van der Waals surface area (Å²) >= 11 is 0. The Labute approximate surface area is 134 Å². The normalized spacial score (nSPS) is 23.6. The van der Waals surface area contributed by atoms with Gasteiger partial charge in [-0.1, -0.05) is 13.3 Å². The van der Waals surface area contributed by atoms with Gasteiger partial charge < -0.3 is 15.0 Å². The van der Waals surface area contributed by atoms with Crippen molar-refractivity contribution in [3.05, 3.63) is 23.3 Å². The molecule has 2 heterocycles. The number of unbranched alkanes of at least 4 members (excludes halogenated alkanes) is 1. The van der Waals surface area contributed by atoms with Gasteiger partial charge in [0.25, 0.3) is 0 Å². The highest BCUT2D eigenvalue weighted by molar-refractivity contribution is 5.69.